The van der Waals surface area contributed by atoms with Crippen molar-refractivity contribution in [2.75, 3.05) is 18.1 Å². The second-order valence-electron chi connectivity index (χ2n) is 8.36. The molecule has 1 heterocycles. The molecule has 1 saturated heterocycles. The summed E-state index contributed by atoms with van der Waals surface area (Å²) in [5.41, 5.74) is 1.41. The van der Waals surface area contributed by atoms with Crippen molar-refractivity contribution in [3.63, 3.8) is 0 Å². The molecule has 0 radical (unpaired) electrons. The first kappa shape index (κ1) is 26.5. The van der Waals surface area contributed by atoms with Gasteiger partial charge in [0.15, 0.2) is 0 Å². The summed E-state index contributed by atoms with van der Waals surface area (Å²) in [7, 11) is -4.14. The topological polar surface area (TPSA) is 101 Å². The normalized spacial score (nSPS) is 15.9. The highest BCUT2D eigenvalue weighted by atomic mass is 35.5. The molecule has 0 bridgehead atoms. The Balaban J connectivity index is 1.65. The van der Waals surface area contributed by atoms with Gasteiger partial charge in [0.05, 0.1) is 29.2 Å². The van der Waals surface area contributed by atoms with Gasteiger partial charge in [-0.25, -0.2) is 18.1 Å². The van der Waals surface area contributed by atoms with E-state index in [2.05, 4.69) is 0 Å². The molecular weight excluding hydrogens is 516 g/mol. The summed E-state index contributed by atoms with van der Waals surface area (Å²) in [6.07, 6.45) is 0.0416. The van der Waals surface area contributed by atoms with Crippen molar-refractivity contribution < 1.29 is 27.5 Å². The van der Waals surface area contributed by atoms with Crippen LogP contribution in [0, 0.1) is 0 Å². The van der Waals surface area contributed by atoms with Crippen LogP contribution in [-0.2, 0) is 30.8 Å². The van der Waals surface area contributed by atoms with E-state index in [0.29, 0.717) is 11.4 Å². The smallest absolute Gasteiger partial charge is 0.338 e. The summed E-state index contributed by atoms with van der Waals surface area (Å²) in [6, 6.07) is 19.6. The molecule has 0 aromatic heterocycles. The Bertz CT molecular complexity index is 1390. The largest absolute Gasteiger partial charge is 0.462 e. The third-order valence-corrected chi connectivity index (χ3v) is 8.17. The van der Waals surface area contributed by atoms with Crippen LogP contribution in [0.3, 0.4) is 0 Å². The van der Waals surface area contributed by atoms with Gasteiger partial charge in [-0.2, -0.15) is 4.31 Å². The second kappa shape index (κ2) is 11.2. The average molecular weight is 541 g/mol. The Morgan fingerprint density at radius 2 is 1.65 bits per heavy atom. The Labute approximate surface area is 220 Å². The fourth-order valence-electron chi connectivity index (χ4n) is 4.14. The minimum Gasteiger partial charge on any atom is -0.462 e. The number of anilines is 1. The van der Waals surface area contributed by atoms with E-state index < -0.39 is 33.8 Å². The highest BCUT2D eigenvalue weighted by Crippen LogP contribution is 2.30. The zero-order valence-electron chi connectivity index (χ0n) is 20.0. The van der Waals surface area contributed by atoms with Crippen LogP contribution in [0.4, 0.5) is 5.69 Å². The number of amides is 2. The lowest BCUT2D eigenvalue weighted by atomic mass is 10.1. The number of esters is 1. The monoisotopic (exact) mass is 540 g/mol. The molecule has 192 valence electrons. The number of carbonyl (C=O) groups is 3. The Morgan fingerprint density at radius 3 is 2.27 bits per heavy atom. The Kier molecular flexibility index (Phi) is 8.06. The van der Waals surface area contributed by atoms with Gasteiger partial charge >= 0.3 is 5.97 Å². The second-order valence-corrected chi connectivity index (χ2v) is 10.7. The Hall–Kier alpha value is -3.53. The van der Waals surface area contributed by atoms with Gasteiger partial charge in [-0.15, -0.1) is 0 Å². The number of nitrogens with zero attached hydrogens (tertiary/aromatic N) is 2. The van der Waals surface area contributed by atoms with E-state index in [4.69, 9.17) is 16.3 Å². The van der Waals surface area contributed by atoms with Gasteiger partial charge in [0.2, 0.25) is 15.9 Å². The van der Waals surface area contributed by atoms with Crippen molar-refractivity contribution in [3.8, 4) is 0 Å². The molecule has 0 saturated carbocycles. The maximum absolute atomic E-state index is 13.7. The number of rotatable bonds is 9. The number of hydrogen-bond acceptors (Lipinski definition) is 6. The van der Waals surface area contributed by atoms with Crippen molar-refractivity contribution >= 4 is 45.1 Å². The third kappa shape index (κ3) is 5.74. The van der Waals surface area contributed by atoms with Gasteiger partial charge in [-0.3, -0.25) is 9.59 Å². The van der Waals surface area contributed by atoms with Gasteiger partial charge < -0.3 is 4.74 Å². The highest BCUT2D eigenvalue weighted by molar-refractivity contribution is 7.89. The lowest BCUT2D eigenvalue weighted by Crippen LogP contribution is -2.46. The van der Waals surface area contributed by atoms with Crippen LogP contribution in [0.2, 0.25) is 5.02 Å². The first-order valence-electron chi connectivity index (χ1n) is 11.7. The van der Waals surface area contributed by atoms with E-state index in [0.717, 1.165) is 14.8 Å². The summed E-state index contributed by atoms with van der Waals surface area (Å²) in [5.74, 6) is -1.71. The van der Waals surface area contributed by atoms with Crippen LogP contribution >= 0.6 is 11.6 Å². The molecule has 4 rings (SSSR count). The minimum absolute atomic E-state index is 0.00566. The van der Waals surface area contributed by atoms with E-state index >= 15 is 0 Å². The van der Waals surface area contributed by atoms with Crippen molar-refractivity contribution in [1.82, 2.24) is 4.31 Å². The SMILES string of the molecule is CCOC(=O)c1ccc(N2C(=O)CC(N(CCc3ccccc3)S(=O)(=O)c3ccc(Cl)cc3)C2=O)cc1. The van der Waals surface area contributed by atoms with E-state index in [1.807, 2.05) is 30.3 Å². The number of benzene rings is 3. The highest BCUT2D eigenvalue weighted by Gasteiger charge is 2.46. The van der Waals surface area contributed by atoms with E-state index in [-0.39, 0.29) is 35.7 Å². The quantitative estimate of drug-likeness (QED) is 0.299. The summed E-state index contributed by atoms with van der Waals surface area (Å²) >= 11 is 5.94. The number of carbonyl (C=O) groups excluding carboxylic acids is 3. The lowest BCUT2D eigenvalue weighted by Gasteiger charge is -2.27. The van der Waals surface area contributed by atoms with Crippen LogP contribution in [0.1, 0.15) is 29.3 Å². The van der Waals surface area contributed by atoms with Gasteiger partial charge in [0, 0.05) is 11.6 Å². The number of halogens is 1. The maximum atomic E-state index is 13.7. The molecule has 2 amide bonds. The molecule has 10 heteroatoms. The van der Waals surface area contributed by atoms with Crippen molar-refractivity contribution in [3.05, 3.63) is 95.0 Å². The Morgan fingerprint density at radius 1 is 1.00 bits per heavy atom. The van der Waals surface area contributed by atoms with Crippen LogP contribution < -0.4 is 4.90 Å². The van der Waals surface area contributed by atoms with E-state index in [9.17, 15) is 22.8 Å². The molecule has 37 heavy (non-hydrogen) atoms. The zero-order chi connectivity index (χ0) is 26.6. The predicted molar refractivity (Wildman–Crippen MR) is 139 cm³/mol. The summed E-state index contributed by atoms with van der Waals surface area (Å²) in [4.78, 5) is 39.4. The van der Waals surface area contributed by atoms with Crippen LogP contribution in [0.5, 0.6) is 0 Å². The van der Waals surface area contributed by atoms with E-state index in [1.165, 1.54) is 48.5 Å². The van der Waals surface area contributed by atoms with Crippen LogP contribution in [0.15, 0.2) is 83.8 Å². The standard InChI is InChI=1S/C27H25ClN2O6S/c1-2-36-27(33)20-8-12-22(13-9-20)30-25(31)18-24(26(30)32)29(17-16-19-6-4-3-5-7-19)37(34,35)23-14-10-21(28)11-15-23/h3-15,24H,2,16-18H2,1H3. The molecule has 8 nitrogen and oxygen atoms in total. The molecule has 3 aromatic rings. The molecule has 0 N–H and O–H groups in total. The van der Waals surface area contributed by atoms with Gasteiger partial charge in [-0.1, -0.05) is 41.9 Å². The maximum Gasteiger partial charge on any atom is 0.338 e. The molecule has 1 fully saturated rings. The number of ether oxygens (including phenoxy) is 1. The molecule has 1 aliphatic heterocycles. The van der Waals surface area contributed by atoms with Gasteiger partial charge in [-0.05, 0) is 67.4 Å². The van der Waals surface area contributed by atoms with Gasteiger partial charge in [0.25, 0.3) is 5.91 Å². The molecular formula is C27H25ClN2O6S. The van der Waals surface area contributed by atoms with Crippen LogP contribution in [-0.4, -0.2) is 49.7 Å². The van der Waals surface area contributed by atoms with Gasteiger partial charge in [0.1, 0.15) is 6.04 Å². The fourth-order valence-corrected chi connectivity index (χ4v) is 5.85. The number of hydrogen-bond donors (Lipinski definition) is 0. The molecule has 1 aliphatic rings. The van der Waals surface area contributed by atoms with Crippen molar-refractivity contribution in [1.29, 1.82) is 0 Å². The number of sulfonamides is 1. The third-order valence-electron chi connectivity index (χ3n) is 5.99. The molecule has 3 aromatic carbocycles. The first-order valence-corrected chi connectivity index (χ1v) is 13.5. The number of imide groups is 1. The average Bonchev–Trinajstić information content (AvgIpc) is 3.18. The van der Waals surface area contributed by atoms with Crippen molar-refractivity contribution in [2.24, 2.45) is 0 Å². The van der Waals surface area contributed by atoms with Crippen LogP contribution in [0.25, 0.3) is 0 Å². The predicted octanol–water partition coefficient (Wildman–Crippen LogP) is 4.08. The molecule has 0 aliphatic carbocycles. The zero-order valence-corrected chi connectivity index (χ0v) is 21.6. The minimum atomic E-state index is -4.14. The molecule has 1 unspecified atom stereocenters. The summed E-state index contributed by atoms with van der Waals surface area (Å²) in [6.45, 7) is 1.90. The molecule has 1 atom stereocenters. The first-order chi connectivity index (χ1) is 17.7. The van der Waals surface area contributed by atoms with Crippen molar-refractivity contribution in [2.45, 2.75) is 30.7 Å². The summed E-state index contributed by atoms with van der Waals surface area (Å²) in [5, 5.41) is 0.374. The fraction of sp³-hybridized carbons (Fsp3) is 0.222. The lowest BCUT2D eigenvalue weighted by molar-refractivity contribution is -0.122. The van der Waals surface area contributed by atoms with E-state index in [1.54, 1.807) is 6.92 Å². The summed E-state index contributed by atoms with van der Waals surface area (Å²) < 4.78 is 33.4. The molecule has 0 spiro atoms.